The number of para-hydroxylation sites is 2. The van der Waals surface area contributed by atoms with Crippen LogP contribution in [0.4, 0.5) is 0 Å². The molecule has 0 unspecified atom stereocenters. The molecule has 2 heterocycles. The van der Waals surface area contributed by atoms with Gasteiger partial charge in [-0.25, -0.2) is 4.98 Å². The molecule has 1 aromatic heterocycles. The zero-order valence-corrected chi connectivity index (χ0v) is 13.1. The van der Waals surface area contributed by atoms with Crippen LogP contribution >= 0.6 is 0 Å². The van der Waals surface area contributed by atoms with E-state index in [9.17, 15) is 4.79 Å². The highest BCUT2D eigenvalue weighted by atomic mass is 16.5. The minimum Gasteiger partial charge on any atom is -0.485 e. The van der Waals surface area contributed by atoms with E-state index in [1.165, 1.54) is 25.7 Å². The van der Waals surface area contributed by atoms with Crippen LogP contribution in [0.15, 0.2) is 30.6 Å². The van der Waals surface area contributed by atoms with Gasteiger partial charge in [-0.3, -0.25) is 9.36 Å². The Morgan fingerprint density at radius 3 is 2.78 bits per heavy atom. The molecule has 120 valence electrons. The van der Waals surface area contributed by atoms with Crippen LogP contribution in [0.1, 0.15) is 54.7 Å². The number of fused-ring (bicyclic) bond motifs is 3. The van der Waals surface area contributed by atoms with Crippen LogP contribution in [0, 0.1) is 0 Å². The molecule has 0 bridgehead atoms. The van der Waals surface area contributed by atoms with Crippen molar-refractivity contribution < 1.29 is 9.53 Å². The van der Waals surface area contributed by atoms with Crippen LogP contribution in [-0.2, 0) is 6.61 Å². The monoisotopic (exact) mass is 311 g/mol. The van der Waals surface area contributed by atoms with Crippen LogP contribution in [0.25, 0.3) is 5.69 Å². The lowest BCUT2D eigenvalue weighted by atomic mass is 10.1. The van der Waals surface area contributed by atoms with Crippen molar-refractivity contribution in [3.63, 3.8) is 0 Å². The Morgan fingerprint density at radius 1 is 1.17 bits per heavy atom. The lowest BCUT2D eigenvalue weighted by Gasteiger charge is -2.21. The van der Waals surface area contributed by atoms with Crippen LogP contribution in [0.2, 0.25) is 0 Å². The summed E-state index contributed by atoms with van der Waals surface area (Å²) in [5, 5.41) is 3.17. The highest BCUT2D eigenvalue weighted by Crippen LogP contribution is 2.30. The SMILES string of the molecule is O=C(NC1CCCCCC1)c1ncn2c1COc1ccccc1-2. The van der Waals surface area contributed by atoms with E-state index in [2.05, 4.69) is 10.3 Å². The maximum absolute atomic E-state index is 12.6. The molecule has 0 spiro atoms. The number of rotatable bonds is 2. The van der Waals surface area contributed by atoms with Gasteiger partial charge >= 0.3 is 0 Å². The first-order valence-electron chi connectivity index (χ1n) is 8.42. The van der Waals surface area contributed by atoms with E-state index in [4.69, 9.17) is 4.74 Å². The molecule has 0 saturated heterocycles. The van der Waals surface area contributed by atoms with Gasteiger partial charge in [-0.1, -0.05) is 37.8 Å². The fraction of sp³-hybridized carbons (Fsp3) is 0.444. The number of aromatic nitrogens is 2. The van der Waals surface area contributed by atoms with Crippen LogP contribution < -0.4 is 10.1 Å². The predicted molar refractivity (Wildman–Crippen MR) is 86.9 cm³/mol. The number of carbonyl (C=O) groups excluding carboxylic acids is 1. The van der Waals surface area contributed by atoms with Crippen molar-refractivity contribution >= 4 is 5.91 Å². The molecule has 0 atom stereocenters. The number of imidazole rings is 1. The van der Waals surface area contributed by atoms with E-state index in [0.29, 0.717) is 12.3 Å². The van der Waals surface area contributed by atoms with Gasteiger partial charge in [-0.2, -0.15) is 0 Å². The van der Waals surface area contributed by atoms with Crippen LogP contribution in [0.5, 0.6) is 5.75 Å². The third-order valence-electron chi connectivity index (χ3n) is 4.76. The lowest BCUT2D eigenvalue weighted by molar-refractivity contribution is 0.0925. The summed E-state index contributed by atoms with van der Waals surface area (Å²) in [5.74, 6) is 0.752. The van der Waals surface area contributed by atoms with Gasteiger partial charge in [0, 0.05) is 6.04 Å². The Morgan fingerprint density at radius 2 is 1.96 bits per heavy atom. The van der Waals surface area contributed by atoms with Crippen molar-refractivity contribution in [3.8, 4) is 11.4 Å². The molecule has 1 amide bonds. The van der Waals surface area contributed by atoms with Gasteiger partial charge in [0.1, 0.15) is 18.7 Å². The van der Waals surface area contributed by atoms with Gasteiger partial charge < -0.3 is 10.1 Å². The molecule has 23 heavy (non-hydrogen) atoms. The fourth-order valence-electron chi connectivity index (χ4n) is 3.51. The number of amides is 1. The second-order valence-corrected chi connectivity index (χ2v) is 6.33. The molecule has 1 fully saturated rings. The Bertz CT molecular complexity index is 715. The molecule has 1 saturated carbocycles. The van der Waals surface area contributed by atoms with E-state index >= 15 is 0 Å². The highest BCUT2D eigenvalue weighted by Gasteiger charge is 2.25. The summed E-state index contributed by atoms with van der Waals surface area (Å²) in [7, 11) is 0. The van der Waals surface area contributed by atoms with Crippen molar-refractivity contribution in [1.29, 1.82) is 0 Å². The van der Waals surface area contributed by atoms with Crippen molar-refractivity contribution in [2.24, 2.45) is 0 Å². The zero-order chi connectivity index (χ0) is 15.6. The normalized spacial score (nSPS) is 17.6. The summed E-state index contributed by atoms with van der Waals surface area (Å²) in [6.45, 7) is 0.379. The van der Waals surface area contributed by atoms with Crippen LogP contribution in [-0.4, -0.2) is 21.5 Å². The van der Waals surface area contributed by atoms with Gasteiger partial charge in [0.25, 0.3) is 5.91 Å². The van der Waals surface area contributed by atoms with Crippen molar-refractivity contribution in [3.05, 3.63) is 42.0 Å². The first-order chi connectivity index (χ1) is 11.3. The van der Waals surface area contributed by atoms with E-state index in [1.807, 2.05) is 28.8 Å². The maximum atomic E-state index is 12.6. The second kappa shape index (κ2) is 6.07. The van der Waals surface area contributed by atoms with Crippen molar-refractivity contribution in [1.82, 2.24) is 14.9 Å². The number of ether oxygens (including phenoxy) is 1. The summed E-state index contributed by atoms with van der Waals surface area (Å²) in [5.41, 5.74) is 2.26. The van der Waals surface area contributed by atoms with E-state index in [1.54, 1.807) is 6.33 Å². The van der Waals surface area contributed by atoms with E-state index < -0.39 is 0 Å². The smallest absolute Gasteiger partial charge is 0.272 e. The molecular weight excluding hydrogens is 290 g/mol. The Hall–Kier alpha value is -2.30. The standard InChI is InChI=1S/C18H21N3O2/c22-18(20-13-7-3-1-2-4-8-13)17-15-11-23-16-10-6-5-9-14(16)21(15)12-19-17/h5-6,9-10,12-13H,1-4,7-8,11H2,(H,20,22). The van der Waals surface area contributed by atoms with Gasteiger partial charge in [0.05, 0.1) is 11.4 Å². The first kappa shape index (κ1) is 14.3. The highest BCUT2D eigenvalue weighted by molar-refractivity contribution is 5.94. The lowest BCUT2D eigenvalue weighted by Crippen LogP contribution is -2.35. The molecular formula is C18H21N3O2. The molecule has 5 heteroatoms. The molecule has 2 aromatic rings. The molecule has 0 radical (unpaired) electrons. The average Bonchev–Trinajstić information content (AvgIpc) is 2.86. The third-order valence-corrected chi connectivity index (χ3v) is 4.76. The average molecular weight is 311 g/mol. The molecule has 1 aliphatic carbocycles. The molecule has 1 aromatic carbocycles. The second-order valence-electron chi connectivity index (χ2n) is 6.33. The Kier molecular flexibility index (Phi) is 3.77. The summed E-state index contributed by atoms with van der Waals surface area (Å²) >= 11 is 0. The van der Waals surface area contributed by atoms with E-state index in [-0.39, 0.29) is 11.9 Å². The molecule has 5 nitrogen and oxygen atoms in total. The molecule has 4 rings (SSSR count). The van der Waals surface area contributed by atoms with Gasteiger partial charge in [-0.05, 0) is 25.0 Å². The summed E-state index contributed by atoms with van der Waals surface area (Å²) in [6, 6.07) is 8.10. The molecule has 2 aliphatic rings. The molecule has 1 aliphatic heterocycles. The van der Waals surface area contributed by atoms with Gasteiger partial charge in [-0.15, -0.1) is 0 Å². The summed E-state index contributed by atoms with van der Waals surface area (Å²) < 4.78 is 7.73. The number of carbonyl (C=O) groups is 1. The summed E-state index contributed by atoms with van der Waals surface area (Å²) in [4.78, 5) is 17.0. The number of hydrogen-bond acceptors (Lipinski definition) is 3. The predicted octanol–water partition coefficient (Wildman–Crippen LogP) is 3.22. The minimum atomic E-state index is -0.0753. The topological polar surface area (TPSA) is 56.2 Å². The Balaban J connectivity index is 1.57. The quantitative estimate of drug-likeness (QED) is 0.866. The number of nitrogens with zero attached hydrogens (tertiary/aromatic N) is 2. The maximum Gasteiger partial charge on any atom is 0.272 e. The van der Waals surface area contributed by atoms with Crippen LogP contribution in [0.3, 0.4) is 0 Å². The third kappa shape index (κ3) is 2.71. The van der Waals surface area contributed by atoms with Gasteiger partial charge in [0.15, 0.2) is 5.69 Å². The fourth-order valence-corrected chi connectivity index (χ4v) is 3.51. The summed E-state index contributed by atoms with van der Waals surface area (Å²) in [6.07, 6.45) is 8.81. The minimum absolute atomic E-state index is 0.0753. The zero-order valence-electron chi connectivity index (χ0n) is 13.1. The Labute approximate surface area is 135 Å². The first-order valence-corrected chi connectivity index (χ1v) is 8.42. The van der Waals surface area contributed by atoms with E-state index in [0.717, 1.165) is 30.0 Å². The number of hydrogen-bond donors (Lipinski definition) is 1. The largest absolute Gasteiger partial charge is 0.485 e. The number of benzene rings is 1. The van der Waals surface area contributed by atoms with Crippen molar-refractivity contribution in [2.75, 3.05) is 0 Å². The van der Waals surface area contributed by atoms with Crippen molar-refractivity contribution in [2.45, 2.75) is 51.2 Å². The molecule has 1 N–H and O–H groups in total. The van der Waals surface area contributed by atoms with Gasteiger partial charge in [0.2, 0.25) is 0 Å². The number of nitrogens with one attached hydrogen (secondary N) is 1.